The van der Waals surface area contributed by atoms with E-state index in [1.807, 2.05) is 0 Å². The summed E-state index contributed by atoms with van der Waals surface area (Å²) in [7, 11) is 0. The Bertz CT molecular complexity index is 295. The number of amides is 1. The van der Waals surface area contributed by atoms with Crippen LogP contribution < -0.4 is 11.1 Å². The smallest absolute Gasteiger partial charge is 0.236 e. The summed E-state index contributed by atoms with van der Waals surface area (Å²) in [6.07, 6.45) is 6.17. The summed E-state index contributed by atoms with van der Waals surface area (Å²) in [6, 6.07) is -0.426. The van der Waals surface area contributed by atoms with E-state index in [0.717, 1.165) is 32.8 Å². The molecule has 0 aromatic carbocycles. The van der Waals surface area contributed by atoms with Gasteiger partial charge in [0, 0.05) is 25.2 Å². The molecule has 1 atom stereocenters. The van der Waals surface area contributed by atoms with Crippen LogP contribution in [0.2, 0.25) is 0 Å². The summed E-state index contributed by atoms with van der Waals surface area (Å²) in [5.74, 6) is -0.0433. The van der Waals surface area contributed by atoms with Gasteiger partial charge in [-0.05, 0) is 19.8 Å². The van der Waals surface area contributed by atoms with Crippen molar-refractivity contribution in [3.63, 3.8) is 0 Å². The molecule has 110 valence electrons. The van der Waals surface area contributed by atoms with Crippen molar-refractivity contribution in [3.05, 3.63) is 0 Å². The Morgan fingerprint density at radius 3 is 2.53 bits per heavy atom. The molecule has 0 radical (unpaired) electrons. The van der Waals surface area contributed by atoms with E-state index in [1.54, 1.807) is 6.92 Å². The van der Waals surface area contributed by atoms with Crippen LogP contribution in [0.5, 0.6) is 0 Å². The van der Waals surface area contributed by atoms with E-state index >= 15 is 0 Å². The van der Waals surface area contributed by atoms with Crippen molar-refractivity contribution in [2.45, 2.75) is 50.6 Å². The maximum absolute atomic E-state index is 11.7. The first-order valence-electron chi connectivity index (χ1n) is 7.50. The average molecular weight is 269 g/mol. The van der Waals surface area contributed by atoms with Gasteiger partial charge >= 0.3 is 0 Å². The fourth-order valence-electron chi connectivity index (χ4n) is 3.27. The summed E-state index contributed by atoms with van der Waals surface area (Å²) in [5, 5.41) is 3.04. The normalized spacial score (nSPS) is 25.8. The SMILES string of the molecule is CC(N)C(=O)NCC1(N2CCOCC2)CCCCC1. The minimum Gasteiger partial charge on any atom is -0.379 e. The molecule has 5 nitrogen and oxygen atoms in total. The van der Waals surface area contributed by atoms with Crippen LogP contribution >= 0.6 is 0 Å². The largest absolute Gasteiger partial charge is 0.379 e. The van der Waals surface area contributed by atoms with Crippen LogP contribution in [-0.2, 0) is 9.53 Å². The quantitative estimate of drug-likeness (QED) is 0.779. The third-order valence-corrected chi connectivity index (χ3v) is 4.47. The van der Waals surface area contributed by atoms with Crippen LogP contribution in [0.4, 0.5) is 0 Å². The summed E-state index contributed by atoms with van der Waals surface area (Å²) in [5.41, 5.74) is 5.76. The van der Waals surface area contributed by atoms with Gasteiger partial charge in [0.2, 0.25) is 5.91 Å². The highest BCUT2D eigenvalue weighted by molar-refractivity contribution is 5.81. The predicted octanol–water partition coefficient (Wildman–Crippen LogP) is 0.485. The van der Waals surface area contributed by atoms with Gasteiger partial charge in [0.25, 0.3) is 0 Å². The zero-order chi connectivity index (χ0) is 13.7. The zero-order valence-corrected chi connectivity index (χ0v) is 12.0. The van der Waals surface area contributed by atoms with Crippen LogP contribution in [0.15, 0.2) is 0 Å². The number of carbonyl (C=O) groups excluding carboxylic acids is 1. The molecule has 0 aromatic heterocycles. The molecule has 1 unspecified atom stereocenters. The van der Waals surface area contributed by atoms with Crippen molar-refractivity contribution in [2.24, 2.45) is 5.73 Å². The number of ether oxygens (including phenoxy) is 1. The number of hydrogen-bond acceptors (Lipinski definition) is 4. The molecule has 1 saturated heterocycles. The van der Waals surface area contributed by atoms with Crippen molar-refractivity contribution < 1.29 is 9.53 Å². The van der Waals surface area contributed by atoms with Gasteiger partial charge in [-0.25, -0.2) is 0 Å². The highest BCUT2D eigenvalue weighted by atomic mass is 16.5. The molecule has 0 aromatic rings. The van der Waals surface area contributed by atoms with Gasteiger partial charge < -0.3 is 15.8 Å². The van der Waals surface area contributed by atoms with Gasteiger partial charge in [-0.3, -0.25) is 9.69 Å². The second kappa shape index (κ2) is 6.68. The summed E-state index contributed by atoms with van der Waals surface area (Å²) >= 11 is 0. The maximum atomic E-state index is 11.7. The molecule has 3 N–H and O–H groups in total. The second-order valence-corrected chi connectivity index (χ2v) is 5.89. The molecule has 2 fully saturated rings. The van der Waals surface area contributed by atoms with E-state index in [2.05, 4.69) is 10.2 Å². The molecule has 1 saturated carbocycles. The number of carbonyl (C=O) groups is 1. The monoisotopic (exact) mass is 269 g/mol. The summed E-state index contributed by atoms with van der Waals surface area (Å²) in [4.78, 5) is 14.3. The number of hydrogen-bond donors (Lipinski definition) is 2. The maximum Gasteiger partial charge on any atom is 0.236 e. The molecule has 2 aliphatic rings. The minimum absolute atomic E-state index is 0.0433. The topological polar surface area (TPSA) is 67.6 Å². The molecule has 1 aliphatic carbocycles. The second-order valence-electron chi connectivity index (χ2n) is 5.89. The fourth-order valence-corrected chi connectivity index (χ4v) is 3.27. The van der Waals surface area contributed by atoms with E-state index in [-0.39, 0.29) is 11.4 Å². The molecule has 19 heavy (non-hydrogen) atoms. The number of rotatable bonds is 4. The van der Waals surface area contributed by atoms with Gasteiger partial charge in [0.1, 0.15) is 0 Å². The first kappa shape index (κ1) is 14.8. The van der Waals surface area contributed by atoms with E-state index in [9.17, 15) is 4.79 Å². The van der Waals surface area contributed by atoms with Crippen LogP contribution in [0.1, 0.15) is 39.0 Å². The molecule has 1 aliphatic heterocycles. The molecule has 1 amide bonds. The minimum atomic E-state index is -0.426. The van der Waals surface area contributed by atoms with E-state index in [0.29, 0.717) is 0 Å². The van der Waals surface area contributed by atoms with E-state index < -0.39 is 6.04 Å². The lowest BCUT2D eigenvalue weighted by molar-refractivity contribution is -0.123. The third kappa shape index (κ3) is 3.68. The van der Waals surface area contributed by atoms with Crippen LogP contribution in [0.3, 0.4) is 0 Å². The van der Waals surface area contributed by atoms with Crippen LogP contribution in [-0.4, -0.2) is 55.2 Å². The van der Waals surface area contributed by atoms with Crippen LogP contribution in [0.25, 0.3) is 0 Å². The van der Waals surface area contributed by atoms with Gasteiger partial charge in [-0.1, -0.05) is 19.3 Å². The van der Waals surface area contributed by atoms with Crippen molar-refractivity contribution in [2.75, 3.05) is 32.8 Å². The highest BCUT2D eigenvalue weighted by Crippen LogP contribution is 2.33. The highest BCUT2D eigenvalue weighted by Gasteiger charge is 2.38. The molecule has 0 spiro atoms. The first-order valence-corrected chi connectivity index (χ1v) is 7.50. The van der Waals surface area contributed by atoms with Gasteiger partial charge in [0.05, 0.1) is 19.3 Å². The van der Waals surface area contributed by atoms with Gasteiger partial charge in [-0.2, -0.15) is 0 Å². The Kier molecular flexibility index (Phi) is 5.19. The Morgan fingerprint density at radius 1 is 1.32 bits per heavy atom. The lowest BCUT2D eigenvalue weighted by Gasteiger charge is -2.48. The standard InChI is InChI=1S/C14H27N3O2/c1-12(15)13(18)16-11-14(5-3-2-4-6-14)17-7-9-19-10-8-17/h12H,2-11,15H2,1H3,(H,16,18). The van der Waals surface area contributed by atoms with Crippen LogP contribution in [0, 0.1) is 0 Å². The Hall–Kier alpha value is -0.650. The Morgan fingerprint density at radius 2 is 1.95 bits per heavy atom. The summed E-state index contributed by atoms with van der Waals surface area (Å²) < 4.78 is 5.45. The third-order valence-electron chi connectivity index (χ3n) is 4.47. The number of morpholine rings is 1. The first-order chi connectivity index (χ1) is 9.14. The van der Waals surface area contributed by atoms with Gasteiger partial charge in [-0.15, -0.1) is 0 Å². The van der Waals surface area contributed by atoms with Crippen molar-refractivity contribution >= 4 is 5.91 Å². The molecular formula is C14H27N3O2. The molecule has 1 heterocycles. The van der Waals surface area contributed by atoms with Crippen molar-refractivity contribution in [3.8, 4) is 0 Å². The van der Waals surface area contributed by atoms with Crippen molar-refractivity contribution in [1.82, 2.24) is 10.2 Å². The number of nitrogens with two attached hydrogens (primary N) is 1. The average Bonchev–Trinajstić information content (AvgIpc) is 2.46. The predicted molar refractivity (Wildman–Crippen MR) is 74.9 cm³/mol. The summed E-state index contributed by atoms with van der Waals surface area (Å²) in [6.45, 7) is 6.04. The molecule has 5 heteroatoms. The number of nitrogens with one attached hydrogen (secondary N) is 1. The fraction of sp³-hybridized carbons (Fsp3) is 0.929. The zero-order valence-electron chi connectivity index (χ0n) is 12.0. The Labute approximate surface area is 115 Å². The molecular weight excluding hydrogens is 242 g/mol. The van der Waals surface area contributed by atoms with Gasteiger partial charge in [0.15, 0.2) is 0 Å². The molecule has 0 bridgehead atoms. The lowest BCUT2D eigenvalue weighted by atomic mass is 9.79. The Balaban J connectivity index is 1.99. The van der Waals surface area contributed by atoms with E-state index in [4.69, 9.17) is 10.5 Å². The van der Waals surface area contributed by atoms with E-state index in [1.165, 1.54) is 32.1 Å². The number of nitrogens with zero attached hydrogens (tertiary/aromatic N) is 1. The lowest BCUT2D eigenvalue weighted by Crippen LogP contribution is -2.60. The molecule has 2 rings (SSSR count). The van der Waals surface area contributed by atoms with Crippen molar-refractivity contribution in [1.29, 1.82) is 0 Å².